The number of oxime groups is 1. The molecule has 0 saturated heterocycles. The largest absolute Gasteiger partial charge is 0.411 e. The van der Waals surface area contributed by atoms with Crippen LogP contribution < -0.4 is 5.73 Å². The van der Waals surface area contributed by atoms with Crippen molar-refractivity contribution >= 4 is 22.7 Å². The Kier molecular flexibility index (Phi) is 2.92. The molecule has 82 valence electrons. The smallest absolute Gasteiger partial charge is 0.0957 e. The van der Waals surface area contributed by atoms with Gasteiger partial charge in [0.05, 0.1) is 16.3 Å². The topological polar surface area (TPSA) is 58.6 Å². The predicted octanol–water partition coefficient (Wildman–Crippen LogP) is 3.20. The standard InChI is InChI=1S/C12H12N2OS/c1-8(14-15)12-10(13)7-11(16-12)9-5-3-2-4-6-9/h2-7,15H,13H2,1H3/b14-8+. The van der Waals surface area contributed by atoms with Crippen molar-refractivity contribution in [1.82, 2.24) is 0 Å². The lowest BCUT2D eigenvalue weighted by atomic mass is 10.2. The van der Waals surface area contributed by atoms with Gasteiger partial charge < -0.3 is 10.9 Å². The summed E-state index contributed by atoms with van der Waals surface area (Å²) >= 11 is 1.53. The van der Waals surface area contributed by atoms with Crippen molar-refractivity contribution in [3.8, 4) is 10.4 Å². The molecule has 0 unspecified atom stereocenters. The van der Waals surface area contributed by atoms with Crippen molar-refractivity contribution in [2.24, 2.45) is 5.16 Å². The highest BCUT2D eigenvalue weighted by molar-refractivity contribution is 7.18. The zero-order valence-corrected chi connectivity index (χ0v) is 9.66. The van der Waals surface area contributed by atoms with Gasteiger partial charge in [-0.15, -0.1) is 11.3 Å². The second kappa shape index (κ2) is 4.37. The number of hydrogen-bond acceptors (Lipinski definition) is 4. The highest BCUT2D eigenvalue weighted by Crippen LogP contribution is 2.33. The first kappa shape index (κ1) is 10.7. The summed E-state index contributed by atoms with van der Waals surface area (Å²) in [6.07, 6.45) is 0. The monoisotopic (exact) mass is 232 g/mol. The Morgan fingerprint density at radius 1 is 1.31 bits per heavy atom. The van der Waals surface area contributed by atoms with Crippen LogP contribution in [0.15, 0.2) is 41.6 Å². The Balaban J connectivity index is 2.46. The number of benzene rings is 1. The molecule has 0 bridgehead atoms. The second-order valence-corrected chi connectivity index (χ2v) is 4.50. The summed E-state index contributed by atoms with van der Waals surface area (Å²) in [5.74, 6) is 0. The van der Waals surface area contributed by atoms with E-state index in [-0.39, 0.29) is 0 Å². The molecule has 2 aromatic rings. The average molecular weight is 232 g/mol. The molecule has 0 aliphatic carbocycles. The van der Waals surface area contributed by atoms with Gasteiger partial charge >= 0.3 is 0 Å². The molecular weight excluding hydrogens is 220 g/mol. The van der Waals surface area contributed by atoms with E-state index < -0.39 is 0 Å². The molecule has 2 rings (SSSR count). The molecule has 16 heavy (non-hydrogen) atoms. The van der Waals surface area contributed by atoms with Crippen LogP contribution in [0.25, 0.3) is 10.4 Å². The normalized spacial score (nSPS) is 11.7. The van der Waals surface area contributed by atoms with E-state index in [9.17, 15) is 0 Å². The number of anilines is 1. The first-order valence-electron chi connectivity index (χ1n) is 4.86. The maximum atomic E-state index is 8.73. The van der Waals surface area contributed by atoms with Crippen LogP contribution in [0.5, 0.6) is 0 Å². The molecule has 0 radical (unpaired) electrons. The lowest BCUT2D eigenvalue weighted by Crippen LogP contribution is -1.95. The minimum Gasteiger partial charge on any atom is -0.411 e. The maximum absolute atomic E-state index is 8.73. The van der Waals surface area contributed by atoms with Crippen LogP contribution in [-0.2, 0) is 0 Å². The fourth-order valence-electron chi connectivity index (χ4n) is 1.48. The van der Waals surface area contributed by atoms with Crippen molar-refractivity contribution in [2.75, 3.05) is 5.73 Å². The number of nitrogen functional groups attached to an aromatic ring is 1. The third kappa shape index (κ3) is 1.92. The summed E-state index contributed by atoms with van der Waals surface area (Å²) in [7, 11) is 0. The Morgan fingerprint density at radius 2 is 2.00 bits per heavy atom. The molecule has 0 aliphatic heterocycles. The van der Waals surface area contributed by atoms with Gasteiger partial charge in [-0.25, -0.2) is 0 Å². The van der Waals surface area contributed by atoms with E-state index in [0.29, 0.717) is 11.4 Å². The Morgan fingerprint density at radius 3 is 2.62 bits per heavy atom. The van der Waals surface area contributed by atoms with Gasteiger partial charge in [0.2, 0.25) is 0 Å². The van der Waals surface area contributed by atoms with Gasteiger partial charge in [-0.2, -0.15) is 0 Å². The third-order valence-electron chi connectivity index (χ3n) is 2.30. The van der Waals surface area contributed by atoms with Crippen LogP contribution in [-0.4, -0.2) is 10.9 Å². The quantitative estimate of drug-likeness (QED) is 0.474. The average Bonchev–Trinajstić information content (AvgIpc) is 2.71. The van der Waals surface area contributed by atoms with Gasteiger partial charge in [-0.1, -0.05) is 35.5 Å². The van der Waals surface area contributed by atoms with Gasteiger partial charge in [0.25, 0.3) is 0 Å². The highest BCUT2D eigenvalue weighted by Gasteiger charge is 2.10. The van der Waals surface area contributed by atoms with Crippen molar-refractivity contribution in [3.63, 3.8) is 0 Å². The molecule has 3 N–H and O–H groups in total. The third-order valence-corrected chi connectivity index (χ3v) is 3.61. The summed E-state index contributed by atoms with van der Waals surface area (Å²) in [6.45, 7) is 1.73. The van der Waals surface area contributed by atoms with Gasteiger partial charge in [0, 0.05) is 4.88 Å². The fourth-order valence-corrected chi connectivity index (χ4v) is 2.50. The van der Waals surface area contributed by atoms with Crippen LogP contribution in [0.2, 0.25) is 0 Å². The van der Waals surface area contributed by atoms with Crippen LogP contribution in [0.1, 0.15) is 11.8 Å². The maximum Gasteiger partial charge on any atom is 0.0957 e. The molecule has 0 atom stereocenters. The van der Waals surface area contributed by atoms with Gasteiger partial charge in [0.1, 0.15) is 0 Å². The van der Waals surface area contributed by atoms with E-state index in [1.165, 1.54) is 11.3 Å². The number of nitrogens with two attached hydrogens (primary N) is 1. The van der Waals surface area contributed by atoms with Crippen LogP contribution in [0.4, 0.5) is 5.69 Å². The van der Waals surface area contributed by atoms with Gasteiger partial charge in [-0.05, 0) is 18.6 Å². The molecule has 0 fully saturated rings. The lowest BCUT2D eigenvalue weighted by molar-refractivity contribution is 0.319. The van der Waals surface area contributed by atoms with E-state index in [1.54, 1.807) is 6.92 Å². The second-order valence-electron chi connectivity index (χ2n) is 3.45. The van der Waals surface area contributed by atoms with E-state index >= 15 is 0 Å². The number of thiophene rings is 1. The minimum absolute atomic E-state index is 0.546. The van der Waals surface area contributed by atoms with E-state index in [1.807, 2.05) is 36.4 Å². The zero-order chi connectivity index (χ0) is 11.5. The Bertz CT molecular complexity index is 517. The van der Waals surface area contributed by atoms with E-state index in [2.05, 4.69) is 5.16 Å². The molecule has 0 saturated carbocycles. The minimum atomic E-state index is 0.546. The highest BCUT2D eigenvalue weighted by atomic mass is 32.1. The summed E-state index contributed by atoms with van der Waals surface area (Å²) in [5.41, 5.74) is 8.19. The van der Waals surface area contributed by atoms with Crippen molar-refractivity contribution in [2.45, 2.75) is 6.92 Å². The first-order chi connectivity index (χ1) is 7.72. The van der Waals surface area contributed by atoms with Crippen LogP contribution in [0.3, 0.4) is 0 Å². The summed E-state index contributed by atoms with van der Waals surface area (Å²) in [4.78, 5) is 1.90. The number of hydrogen-bond donors (Lipinski definition) is 2. The first-order valence-corrected chi connectivity index (χ1v) is 5.68. The molecule has 1 aromatic heterocycles. The Hall–Kier alpha value is -1.81. The summed E-state index contributed by atoms with van der Waals surface area (Å²) in [5, 5.41) is 11.9. The molecule has 3 nitrogen and oxygen atoms in total. The van der Waals surface area contributed by atoms with Crippen molar-refractivity contribution < 1.29 is 5.21 Å². The Labute approximate surface area is 97.8 Å². The summed E-state index contributed by atoms with van der Waals surface area (Å²) in [6, 6.07) is 11.9. The van der Waals surface area contributed by atoms with Crippen molar-refractivity contribution in [3.05, 3.63) is 41.3 Å². The summed E-state index contributed by atoms with van der Waals surface area (Å²) < 4.78 is 0. The van der Waals surface area contributed by atoms with Crippen LogP contribution in [0, 0.1) is 0 Å². The zero-order valence-electron chi connectivity index (χ0n) is 8.84. The number of nitrogens with zero attached hydrogens (tertiary/aromatic N) is 1. The molecule has 0 spiro atoms. The fraction of sp³-hybridized carbons (Fsp3) is 0.0833. The van der Waals surface area contributed by atoms with Gasteiger partial charge in [-0.3, -0.25) is 0 Å². The SMILES string of the molecule is C/C(=N\O)c1sc(-c2ccccc2)cc1N. The molecule has 0 aliphatic rings. The predicted molar refractivity (Wildman–Crippen MR) is 68.2 cm³/mol. The van der Waals surface area contributed by atoms with E-state index in [4.69, 9.17) is 10.9 Å². The number of rotatable bonds is 2. The van der Waals surface area contributed by atoms with Crippen LogP contribution >= 0.6 is 11.3 Å². The molecule has 1 aromatic carbocycles. The van der Waals surface area contributed by atoms with E-state index in [0.717, 1.165) is 15.3 Å². The molecule has 1 heterocycles. The van der Waals surface area contributed by atoms with Crippen molar-refractivity contribution in [1.29, 1.82) is 0 Å². The molecule has 4 heteroatoms. The molecule has 0 amide bonds. The van der Waals surface area contributed by atoms with Gasteiger partial charge in [0.15, 0.2) is 0 Å². The lowest BCUT2D eigenvalue weighted by Gasteiger charge is -1.95. The molecular formula is C12H12N2OS.